The summed E-state index contributed by atoms with van der Waals surface area (Å²) in [7, 11) is -3.46. The van der Waals surface area contributed by atoms with Gasteiger partial charge in [-0.05, 0) is 54.1 Å². The van der Waals surface area contributed by atoms with Crippen molar-refractivity contribution in [3.8, 4) is 28.3 Å². The number of benzene rings is 3. The molecule has 0 N–H and O–H groups in total. The molecule has 0 spiro atoms. The van der Waals surface area contributed by atoms with Gasteiger partial charge in [-0.3, -0.25) is 0 Å². The third-order valence-electron chi connectivity index (χ3n) is 4.66. The van der Waals surface area contributed by atoms with Crippen molar-refractivity contribution in [1.29, 1.82) is 0 Å². The Labute approximate surface area is 182 Å². The molecule has 4 rings (SSSR count). The molecule has 32 heavy (non-hydrogen) atoms. The summed E-state index contributed by atoms with van der Waals surface area (Å²) in [5.74, 6) is 1.17. The van der Waals surface area contributed by atoms with Crippen molar-refractivity contribution in [2.75, 3.05) is 6.26 Å². The van der Waals surface area contributed by atoms with E-state index in [1.165, 1.54) is 30.5 Å². The predicted octanol–water partition coefficient (Wildman–Crippen LogP) is 5.75. The van der Waals surface area contributed by atoms with Crippen LogP contribution in [0.3, 0.4) is 0 Å². The minimum Gasteiger partial charge on any atom is -0.457 e. The quantitative estimate of drug-likeness (QED) is 0.382. The number of hydrogen-bond acceptors (Lipinski definition) is 4. The maximum Gasteiger partial charge on any atom is 0.435 e. The highest BCUT2D eigenvalue weighted by Crippen LogP contribution is 2.37. The highest BCUT2D eigenvalue weighted by molar-refractivity contribution is 7.90. The first-order valence-electron chi connectivity index (χ1n) is 9.42. The molecule has 4 aromatic rings. The van der Waals surface area contributed by atoms with E-state index in [9.17, 15) is 21.6 Å². The second-order valence-electron chi connectivity index (χ2n) is 7.04. The zero-order valence-corrected chi connectivity index (χ0v) is 17.6. The Hall–Kier alpha value is -3.59. The topological polar surface area (TPSA) is 61.2 Å². The number of halogens is 3. The Morgan fingerprint density at radius 1 is 0.844 bits per heavy atom. The van der Waals surface area contributed by atoms with Gasteiger partial charge in [0.2, 0.25) is 0 Å². The average Bonchev–Trinajstić information content (AvgIpc) is 3.21. The van der Waals surface area contributed by atoms with Crippen molar-refractivity contribution in [2.24, 2.45) is 0 Å². The number of para-hydroxylation sites is 1. The van der Waals surface area contributed by atoms with E-state index < -0.39 is 21.7 Å². The van der Waals surface area contributed by atoms with Crippen LogP contribution >= 0.6 is 0 Å². The summed E-state index contributed by atoms with van der Waals surface area (Å²) in [6.45, 7) is 0. The molecule has 0 fully saturated rings. The molecule has 0 bridgehead atoms. The molecule has 164 valence electrons. The molecule has 0 radical (unpaired) electrons. The second kappa shape index (κ2) is 8.16. The van der Waals surface area contributed by atoms with Crippen LogP contribution in [0.1, 0.15) is 5.69 Å². The van der Waals surface area contributed by atoms with Crippen LogP contribution in [0.2, 0.25) is 0 Å². The maximum absolute atomic E-state index is 13.6. The van der Waals surface area contributed by atoms with Crippen molar-refractivity contribution in [3.63, 3.8) is 0 Å². The zero-order chi connectivity index (χ0) is 22.9. The van der Waals surface area contributed by atoms with Gasteiger partial charge in [0.15, 0.2) is 15.5 Å². The summed E-state index contributed by atoms with van der Waals surface area (Å²) in [5.41, 5.74) is -0.591. The number of hydrogen-bond donors (Lipinski definition) is 0. The molecule has 0 amide bonds. The minimum absolute atomic E-state index is 0.0243. The third-order valence-corrected chi connectivity index (χ3v) is 5.78. The summed E-state index contributed by atoms with van der Waals surface area (Å²) < 4.78 is 71.0. The van der Waals surface area contributed by atoms with Crippen LogP contribution in [0.15, 0.2) is 90.0 Å². The lowest BCUT2D eigenvalue weighted by molar-refractivity contribution is -0.140. The standard InChI is InChI=1S/C23H17F3N2O3S/c1-32(29,30)20-13-7-16(8-14-20)21-15-28(27-22(21)23(24,25)26)17-9-11-19(12-10-17)31-18-5-3-2-4-6-18/h2-15H,1H3. The third kappa shape index (κ3) is 4.67. The summed E-state index contributed by atoms with van der Waals surface area (Å²) in [4.78, 5) is 0.0243. The molecule has 0 unspecified atom stereocenters. The van der Waals surface area contributed by atoms with Gasteiger partial charge in [0, 0.05) is 18.0 Å². The van der Waals surface area contributed by atoms with Crippen LogP contribution in [0, 0.1) is 0 Å². The van der Waals surface area contributed by atoms with Crippen molar-refractivity contribution >= 4 is 9.84 Å². The van der Waals surface area contributed by atoms with Gasteiger partial charge >= 0.3 is 6.18 Å². The van der Waals surface area contributed by atoms with Crippen molar-refractivity contribution in [2.45, 2.75) is 11.1 Å². The molecule has 0 saturated heterocycles. The fourth-order valence-corrected chi connectivity index (χ4v) is 3.73. The van der Waals surface area contributed by atoms with E-state index in [-0.39, 0.29) is 16.0 Å². The molecule has 1 aromatic heterocycles. The molecular weight excluding hydrogens is 441 g/mol. The predicted molar refractivity (Wildman–Crippen MR) is 114 cm³/mol. The van der Waals surface area contributed by atoms with E-state index in [2.05, 4.69) is 5.10 Å². The first-order valence-corrected chi connectivity index (χ1v) is 11.3. The number of alkyl halides is 3. The SMILES string of the molecule is CS(=O)(=O)c1ccc(-c2cn(-c3ccc(Oc4ccccc4)cc3)nc2C(F)(F)F)cc1. The first-order chi connectivity index (χ1) is 15.1. The largest absolute Gasteiger partial charge is 0.457 e. The second-order valence-corrected chi connectivity index (χ2v) is 9.06. The normalized spacial score (nSPS) is 12.0. The van der Waals surface area contributed by atoms with E-state index in [4.69, 9.17) is 4.74 Å². The van der Waals surface area contributed by atoms with Gasteiger partial charge in [0.05, 0.1) is 10.6 Å². The number of rotatable bonds is 5. The summed E-state index contributed by atoms with van der Waals surface area (Å²) >= 11 is 0. The van der Waals surface area contributed by atoms with E-state index in [1.807, 2.05) is 18.2 Å². The first kappa shape index (κ1) is 21.6. The Balaban J connectivity index is 1.68. The van der Waals surface area contributed by atoms with Crippen LogP contribution in [-0.4, -0.2) is 24.5 Å². The minimum atomic E-state index is -4.69. The highest BCUT2D eigenvalue weighted by atomic mass is 32.2. The molecule has 0 saturated carbocycles. The van der Waals surface area contributed by atoms with E-state index >= 15 is 0 Å². The maximum atomic E-state index is 13.6. The Morgan fingerprint density at radius 3 is 2.00 bits per heavy atom. The monoisotopic (exact) mass is 458 g/mol. The van der Waals surface area contributed by atoms with E-state index in [0.717, 1.165) is 10.9 Å². The van der Waals surface area contributed by atoms with Gasteiger partial charge in [0.1, 0.15) is 11.5 Å². The number of ether oxygens (including phenoxy) is 1. The van der Waals surface area contributed by atoms with Crippen molar-refractivity contribution in [1.82, 2.24) is 9.78 Å². The lowest BCUT2D eigenvalue weighted by Gasteiger charge is -2.07. The van der Waals surface area contributed by atoms with Crippen LogP contribution in [0.5, 0.6) is 11.5 Å². The summed E-state index contributed by atoms with van der Waals surface area (Å²) in [5, 5.41) is 3.75. The van der Waals surface area contributed by atoms with Crippen LogP contribution in [0.25, 0.3) is 16.8 Å². The lowest BCUT2D eigenvalue weighted by atomic mass is 10.1. The van der Waals surface area contributed by atoms with Crippen LogP contribution in [-0.2, 0) is 16.0 Å². The molecule has 9 heteroatoms. The fraction of sp³-hybridized carbons (Fsp3) is 0.0870. The molecule has 0 aliphatic rings. The molecule has 5 nitrogen and oxygen atoms in total. The van der Waals surface area contributed by atoms with E-state index in [0.29, 0.717) is 17.2 Å². The van der Waals surface area contributed by atoms with Crippen molar-refractivity contribution < 1.29 is 26.3 Å². The Morgan fingerprint density at radius 2 is 1.44 bits per heavy atom. The molecule has 0 atom stereocenters. The lowest BCUT2D eigenvalue weighted by Crippen LogP contribution is -2.08. The smallest absolute Gasteiger partial charge is 0.435 e. The van der Waals surface area contributed by atoms with Gasteiger partial charge in [-0.15, -0.1) is 0 Å². The fourth-order valence-electron chi connectivity index (χ4n) is 3.10. The van der Waals surface area contributed by atoms with Gasteiger partial charge in [0.25, 0.3) is 0 Å². The Kier molecular flexibility index (Phi) is 5.52. The van der Waals surface area contributed by atoms with Crippen molar-refractivity contribution in [3.05, 3.63) is 90.8 Å². The molecule has 0 aliphatic carbocycles. The summed E-state index contributed by atoms with van der Waals surface area (Å²) in [6, 6.07) is 20.8. The highest BCUT2D eigenvalue weighted by Gasteiger charge is 2.37. The molecule has 3 aromatic carbocycles. The van der Waals surface area contributed by atoms with Gasteiger partial charge in [-0.25, -0.2) is 13.1 Å². The molecule has 0 aliphatic heterocycles. The number of nitrogens with zero attached hydrogens (tertiary/aromatic N) is 2. The van der Waals surface area contributed by atoms with E-state index in [1.54, 1.807) is 36.4 Å². The van der Waals surface area contributed by atoms with Crippen LogP contribution in [0.4, 0.5) is 13.2 Å². The van der Waals surface area contributed by atoms with Gasteiger partial charge in [-0.2, -0.15) is 18.3 Å². The molecular formula is C23H17F3N2O3S. The summed E-state index contributed by atoms with van der Waals surface area (Å²) in [6.07, 6.45) is -2.38. The Bertz CT molecular complexity index is 1330. The number of sulfone groups is 1. The zero-order valence-electron chi connectivity index (χ0n) is 16.7. The average molecular weight is 458 g/mol. The van der Waals surface area contributed by atoms with Crippen LogP contribution < -0.4 is 4.74 Å². The molecule has 1 heterocycles. The van der Waals surface area contributed by atoms with Gasteiger partial charge < -0.3 is 4.74 Å². The number of aromatic nitrogens is 2. The van der Waals surface area contributed by atoms with Gasteiger partial charge in [-0.1, -0.05) is 30.3 Å².